The van der Waals surface area contributed by atoms with Crippen LogP contribution in [0, 0.1) is 0 Å². The molecular formula is C14H23N3OS. The number of rotatable bonds is 2. The molecule has 1 aliphatic heterocycles. The van der Waals surface area contributed by atoms with Gasteiger partial charge in [-0.1, -0.05) is 27.7 Å². The van der Waals surface area contributed by atoms with E-state index in [-0.39, 0.29) is 11.3 Å². The third kappa shape index (κ3) is 3.26. The summed E-state index contributed by atoms with van der Waals surface area (Å²) in [6, 6.07) is 0. The number of carbonyl (C=O) groups is 1. The van der Waals surface area contributed by atoms with Crippen molar-refractivity contribution in [1.82, 2.24) is 9.88 Å². The fraction of sp³-hybridized carbons (Fsp3) is 0.714. The minimum Gasteiger partial charge on any atom is -0.345 e. The van der Waals surface area contributed by atoms with Gasteiger partial charge in [0.05, 0.1) is 5.69 Å². The summed E-state index contributed by atoms with van der Waals surface area (Å²) in [6.07, 6.45) is 0.603. The van der Waals surface area contributed by atoms with Crippen LogP contribution in [0.25, 0.3) is 0 Å². The van der Waals surface area contributed by atoms with Crippen LogP contribution in [0.1, 0.15) is 39.8 Å². The maximum absolute atomic E-state index is 11.6. The first kappa shape index (κ1) is 14.3. The number of thiazole rings is 1. The van der Waals surface area contributed by atoms with Crippen molar-refractivity contribution in [1.29, 1.82) is 0 Å². The smallest absolute Gasteiger partial charge is 0.222 e. The van der Waals surface area contributed by atoms with Gasteiger partial charge in [0.1, 0.15) is 0 Å². The molecule has 1 aromatic rings. The quantitative estimate of drug-likeness (QED) is 0.835. The van der Waals surface area contributed by atoms with Crippen molar-refractivity contribution < 1.29 is 4.79 Å². The molecule has 106 valence electrons. The third-order valence-corrected chi connectivity index (χ3v) is 4.37. The first-order valence-electron chi connectivity index (χ1n) is 6.90. The zero-order valence-electron chi connectivity index (χ0n) is 12.3. The van der Waals surface area contributed by atoms with E-state index >= 15 is 0 Å². The zero-order chi connectivity index (χ0) is 14.0. The van der Waals surface area contributed by atoms with Crippen molar-refractivity contribution in [2.75, 3.05) is 31.1 Å². The van der Waals surface area contributed by atoms with Crippen LogP contribution in [-0.2, 0) is 10.2 Å². The molecule has 0 N–H and O–H groups in total. The van der Waals surface area contributed by atoms with Crippen LogP contribution in [0.15, 0.2) is 5.38 Å². The number of anilines is 1. The summed E-state index contributed by atoms with van der Waals surface area (Å²) in [5.41, 5.74) is 1.26. The van der Waals surface area contributed by atoms with Gasteiger partial charge in [-0.05, 0) is 0 Å². The first-order valence-corrected chi connectivity index (χ1v) is 7.78. The number of carbonyl (C=O) groups excluding carboxylic acids is 1. The van der Waals surface area contributed by atoms with E-state index in [1.165, 1.54) is 0 Å². The van der Waals surface area contributed by atoms with Gasteiger partial charge in [-0.2, -0.15) is 0 Å². The second kappa shape index (κ2) is 5.49. The van der Waals surface area contributed by atoms with Crippen molar-refractivity contribution in [2.24, 2.45) is 0 Å². The molecular weight excluding hydrogens is 258 g/mol. The molecule has 4 nitrogen and oxygen atoms in total. The van der Waals surface area contributed by atoms with Gasteiger partial charge < -0.3 is 9.80 Å². The maximum Gasteiger partial charge on any atom is 0.222 e. The second-order valence-corrected chi connectivity index (χ2v) is 6.82. The maximum atomic E-state index is 11.6. The number of hydrogen-bond acceptors (Lipinski definition) is 4. The summed E-state index contributed by atoms with van der Waals surface area (Å²) in [5, 5.41) is 3.24. The number of hydrogen-bond donors (Lipinski definition) is 0. The molecule has 0 radical (unpaired) electrons. The van der Waals surface area contributed by atoms with Crippen LogP contribution in [0.5, 0.6) is 0 Å². The summed E-state index contributed by atoms with van der Waals surface area (Å²) >= 11 is 1.71. The molecule has 2 heterocycles. The molecule has 0 saturated carbocycles. The van der Waals surface area contributed by atoms with Gasteiger partial charge in [-0.3, -0.25) is 4.79 Å². The molecule has 0 bridgehead atoms. The molecule has 2 rings (SSSR count). The lowest BCUT2D eigenvalue weighted by Crippen LogP contribution is -2.48. The normalized spacial score (nSPS) is 16.8. The van der Waals surface area contributed by atoms with Gasteiger partial charge in [0.2, 0.25) is 5.91 Å². The monoisotopic (exact) mass is 281 g/mol. The molecule has 19 heavy (non-hydrogen) atoms. The SMILES string of the molecule is CCC(=O)N1CCN(c2nc(C(C)(C)C)cs2)CC1. The Morgan fingerprint density at radius 1 is 1.32 bits per heavy atom. The van der Waals surface area contributed by atoms with E-state index in [2.05, 4.69) is 31.1 Å². The van der Waals surface area contributed by atoms with E-state index < -0.39 is 0 Å². The van der Waals surface area contributed by atoms with Crippen molar-refractivity contribution in [3.63, 3.8) is 0 Å². The molecule has 5 heteroatoms. The largest absolute Gasteiger partial charge is 0.345 e. The molecule has 1 amide bonds. The number of aromatic nitrogens is 1. The third-order valence-electron chi connectivity index (χ3n) is 3.47. The minimum atomic E-state index is 0.106. The highest BCUT2D eigenvalue weighted by atomic mass is 32.1. The summed E-state index contributed by atoms with van der Waals surface area (Å²) in [6.45, 7) is 11.9. The van der Waals surface area contributed by atoms with Crippen LogP contribution in [0.4, 0.5) is 5.13 Å². The molecule has 0 aliphatic carbocycles. The first-order chi connectivity index (χ1) is 8.91. The number of piperazine rings is 1. The van der Waals surface area contributed by atoms with Crippen molar-refractivity contribution in [3.05, 3.63) is 11.1 Å². The predicted octanol–water partition coefficient (Wildman–Crippen LogP) is 2.50. The van der Waals surface area contributed by atoms with E-state index in [4.69, 9.17) is 4.98 Å². The molecule has 0 aromatic carbocycles. The van der Waals surface area contributed by atoms with Crippen LogP contribution in [-0.4, -0.2) is 42.0 Å². The average molecular weight is 281 g/mol. The summed E-state index contributed by atoms with van der Waals surface area (Å²) in [7, 11) is 0. The Labute approximate surface area is 119 Å². The lowest BCUT2D eigenvalue weighted by Gasteiger charge is -2.34. The van der Waals surface area contributed by atoms with Crippen molar-refractivity contribution in [2.45, 2.75) is 39.5 Å². The average Bonchev–Trinajstić information content (AvgIpc) is 2.87. The van der Waals surface area contributed by atoms with Crippen LogP contribution >= 0.6 is 11.3 Å². The van der Waals surface area contributed by atoms with Crippen LogP contribution < -0.4 is 4.90 Å². The van der Waals surface area contributed by atoms with E-state index in [1.54, 1.807) is 11.3 Å². The molecule has 0 spiro atoms. The summed E-state index contributed by atoms with van der Waals surface area (Å²) in [4.78, 5) is 20.6. The molecule has 0 atom stereocenters. The predicted molar refractivity (Wildman–Crippen MR) is 79.9 cm³/mol. The summed E-state index contributed by atoms with van der Waals surface area (Å²) in [5.74, 6) is 0.258. The highest BCUT2D eigenvalue weighted by molar-refractivity contribution is 7.13. The van der Waals surface area contributed by atoms with E-state index in [0.717, 1.165) is 37.0 Å². The van der Waals surface area contributed by atoms with E-state index in [9.17, 15) is 4.79 Å². The molecule has 1 saturated heterocycles. The standard InChI is InChI=1S/C14H23N3OS/c1-5-12(18)16-6-8-17(9-7-16)13-15-11(10-19-13)14(2,3)4/h10H,5-9H2,1-4H3. The van der Waals surface area contributed by atoms with Gasteiger partial charge in [-0.15, -0.1) is 11.3 Å². The highest BCUT2D eigenvalue weighted by Crippen LogP contribution is 2.29. The molecule has 1 aromatic heterocycles. The van der Waals surface area contributed by atoms with Gasteiger partial charge in [0.25, 0.3) is 0 Å². The van der Waals surface area contributed by atoms with Crippen molar-refractivity contribution >= 4 is 22.4 Å². The van der Waals surface area contributed by atoms with Gasteiger partial charge in [-0.25, -0.2) is 4.98 Å². The van der Waals surface area contributed by atoms with Crippen molar-refractivity contribution in [3.8, 4) is 0 Å². The summed E-state index contributed by atoms with van der Waals surface area (Å²) < 4.78 is 0. The Morgan fingerprint density at radius 3 is 2.42 bits per heavy atom. The Kier molecular flexibility index (Phi) is 4.13. The lowest BCUT2D eigenvalue weighted by molar-refractivity contribution is -0.131. The van der Waals surface area contributed by atoms with Gasteiger partial charge >= 0.3 is 0 Å². The van der Waals surface area contributed by atoms with E-state index in [0.29, 0.717) is 6.42 Å². The van der Waals surface area contributed by atoms with Crippen LogP contribution in [0.2, 0.25) is 0 Å². The van der Waals surface area contributed by atoms with E-state index in [1.807, 2.05) is 11.8 Å². The molecule has 1 fully saturated rings. The number of amides is 1. The highest BCUT2D eigenvalue weighted by Gasteiger charge is 2.24. The fourth-order valence-electron chi connectivity index (χ4n) is 2.12. The number of nitrogens with zero attached hydrogens (tertiary/aromatic N) is 3. The van der Waals surface area contributed by atoms with Gasteiger partial charge in [0.15, 0.2) is 5.13 Å². The Balaban J connectivity index is 1.98. The molecule has 1 aliphatic rings. The molecule has 0 unspecified atom stereocenters. The lowest BCUT2D eigenvalue weighted by atomic mass is 9.93. The van der Waals surface area contributed by atoms with Crippen LogP contribution in [0.3, 0.4) is 0 Å². The Bertz CT molecular complexity index is 442. The topological polar surface area (TPSA) is 36.4 Å². The second-order valence-electron chi connectivity index (χ2n) is 5.99. The Hall–Kier alpha value is -1.10. The zero-order valence-corrected chi connectivity index (χ0v) is 13.1. The Morgan fingerprint density at radius 2 is 1.95 bits per heavy atom. The minimum absolute atomic E-state index is 0.106. The fourth-order valence-corrected chi connectivity index (χ4v) is 3.23. The van der Waals surface area contributed by atoms with Gasteiger partial charge in [0, 0.05) is 43.4 Å².